The fourth-order valence-corrected chi connectivity index (χ4v) is 1.58. The minimum atomic E-state index is 0.450. The van der Waals surface area contributed by atoms with E-state index in [-0.39, 0.29) is 0 Å². The van der Waals surface area contributed by atoms with Crippen molar-refractivity contribution in [3.63, 3.8) is 0 Å². The highest BCUT2D eigenvalue weighted by molar-refractivity contribution is 5.59. The molecule has 0 spiro atoms. The van der Waals surface area contributed by atoms with Crippen LogP contribution in [-0.4, -0.2) is 16.7 Å². The van der Waals surface area contributed by atoms with Crippen molar-refractivity contribution in [3.05, 3.63) is 48.7 Å². The molecule has 0 fully saturated rings. The van der Waals surface area contributed by atoms with E-state index in [1.165, 1.54) is 0 Å². The molecular weight excluding hydrogens is 212 g/mol. The second-order valence-corrected chi connectivity index (χ2v) is 3.48. The maximum atomic E-state index is 8.70. The Hall–Kier alpha value is -2.41. The van der Waals surface area contributed by atoms with Crippen LogP contribution in [0.5, 0.6) is 0 Å². The Kier molecular flexibility index (Phi) is 3.66. The molecule has 0 unspecified atom stereocenters. The second-order valence-electron chi connectivity index (χ2n) is 3.48. The zero-order valence-electron chi connectivity index (χ0n) is 9.32. The molecule has 0 bridgehead atoms. The van der Waals surface area contributed by atoms with Crippen LogP contribution in [0.15, 0.2) is 48.7 Å². The number of nitriles is 1. The van der Waals surface area contributed by atoms with Crippen LogP contribution in [0.3, 0.4) is 0 Å². The van der Waals surface area contributed by atoms with Gasteiger partial charge >= 0.3 is 0 Å². The molecule has 0 aliphatic carbocycles. The molecule has 0 atom stereocenters. The predicted octanol–water partition coefficient (Wildman–Crippen LogP) is 2.53. The Bertz CT molecular complexity index is 450. The predicted molar refractivity (Wildman–Crippen MR) is 65.7 cm³/mol. The summed E-state index contributed by atoms with van der Waals surface area (Å²) in [5.41, 5.74) is 1.02. The van der Waals surface area contributed by atoms with Crippen molar-refractivity contribution in [2.75, 3.05) is 11.4 Å². The van der Waals surface area contributed by atoms with Crippen LogP contribution in [0.25, 0.3) is 0 Å². The summed E-state index contributed by atoms with van der Waals surface area (Å²) in [6.45, 7) is 0.610. The van der Waals surface area contributed by atoms with E-state index in [0.717, 1.165) is 11.5 Å². The molecule has 0 saturated carbocycles. The molecule has 17 heavy (non-hydrogen) atoms. The zero-order valence-corrected chi connectivity index (χ0v) is 9.32. The molecule has 0 aliphatic rings. The van der Waals surface area contributed by atoms with Crippen molar-refractivity contribution in [1.82, 2.24) is 10.2 Å². The van der Waals surface area contributed by atoms with Gasteiger partial charge in [-0.1, -0.05) is 18.2 Å². The molecular formula is C13H12N4. The number of aromatic nitrogens is 2. The maximum Gasteiger partial charge on any atom is 0.155 e. The SMILES string of the molecule is N#CCCN(c1ccccc1)c1cccnn1. The van der Waals surface area contributed by atoms with E-state index in [2.05, 4.69) is 16.3 Å². The molecule has 1 heterocycles. The fraction of sp³-hybridized carbons (Fsp3) is 0.154. The number of hydrogen-bond donors (Lipinski definition) is 0. The second kappa shape index (κ2) is 5.61. The van der Waals surface area contributed by atoms with Crippen LogP contribution in [0, 0.1) is 11.3 Å². The number of benzene rings is 1. The molecule has 0 saturated heterocycles. The molecule has 4 heteroatoms. The lowest BCUT2D eigenvalue weighted by atomic mass is 10.2. The highest BCUT2D eigenvalue weighted by atomic mass is 15.3. The molecule has 0 N–H and O–H groups in total. The van der Waals surface area contributed by atoms with Crippen molar-refractivity contribution in [2.24, 2.45) is 0 Å². The van der Waals surface area contributed by atoms with Crippen molar-refractivity contribution in [3.8, 4) is 6.07 Å². The van der Waals surface area contributed by atoms with E-state index in [9.17, 15) is 0 Å². The van der Waals surface area contributed by atoms with Crippen molar-refractivity contribution in [2.45, 2.75) is 6.42 Å². The van der Waals surface area contributed by atoms with Gasteiger partial charge in [0.05, 0.1) is 12.5 Å². The zero-order chi connectivity index (χ0) is 11.9. The van der Waals surface area contributed by atoms with Gasteiger partial charge in [0, 0.05) is 18.4 Å². The summed E-state index contributed by atoms with van der Waals surface area (Å²) in [6, 6.07) is 15.7. The summed E-state index contributed by atoms with van der Waals surface area (Å²) >= 11 is 0. The lowest BCUT2D eigenvalue weighted by molar-refractivity contribution is 0.894. The lowest BCUT2D eigenvalue weighted by Crippen LogP contribution is -2.19. The van der Waals surface area contributed by atoms with Crippen LogP contribution in [0.4, 0.5) is 11.5 Å². The van der Waals surface area contributed by atoms with E-state index in [1.54, 1.807) is 6.20 Å². The molecule has 0 radical (unpaired) electrons. The number of hydrogen-bond acceptors (Lipinski definition) is 4. The average Bonchev–Trinajstić information content (AvgIpc) is 2.42. The Balaban J connectivity index is 2.30. The first kappa shape index (κ1) is 11.1. The molecule has 2 rings (SSSR count). The van der Waals surface area contributed by atoms with Gasteiger partial charge in [-0.25, -0.2) is 0 Å². The topological polar surface area (TPSA) is 52.8 Å². The van der Waals surface area contributed by atoms with Gasteiger partial charge in [0.25, 0.3) is 0 Å². The Morgan fingerprint density at radius 3 is 2.59 bits per heavy atom. The third kappa shape index (κ3) is 2.79. The van der Waals surface area contributed by atoms with Crippen LogP contribution >= 0.6 is 0 Å². The minimum Gasteiger partial charge on any atom is -0.324 e. The number of anilines is 2. The van der Waals surface area contributed by atoms with Gasteiger partial charge in [0.2, 0.25) is 0 Å². The summed E-state index contributed by atoms with van der Waals surface area (Å²) in [5.74, 6) is 0.758. The van der Waals surface area contributed by atoms with E-state index < -0.39 is 0 Å². The third-order valence-electron chi connectivity index (χ3n) is 2.35. The molecule has 4 nitrogen and oxygen atoms in total. The third-order valence-corrected chi connectivity index (χ3v) is 2.35. The summed E-state index contributed by atoms with van der Waals surface area (Å²) in [4.78, 5) is 1.98. The summed E-state index contributed by atoms with van der Waals surface area (Å²) in [5, 5.41) is 16.6. The van der Waals surface area contributed by atoms with E-state index in [0.29, 0.717) is 13.0 Å². The molecule has 1 aromatic heterocycles. The molecule has 1 aromatic carbocycles. The van der Waals surface area contributed by atoms with Gasteiger partial charge in [0.1, 0.15) is 0 Å². The lowest BCUT2D eigenvalue weighted by Gasteiger charge is -2.21. The Labute approximate surface area is 100 Å². The van der Waals surface area contributed by atoms with Crippen LogP contribution in [-0.2, 0) is 0 Å². The van der Waals surface area contributed by atoms with Gasteiger partial charge in [-0.2, -0.15) is 10.4 Å². The molecule has 84 valence electrons. The normalized spacial score (nSPS) is 9.59. The maximum absolute atomic E-state index is 8.70. The summed E-state index contributed by atoms with van der Waals surface area (Å²) in [6.07, 6.45) is 2.09. The van der Waals surface area contributed by atoms with Crippen molar-refractivity contribution in [1.29, 1.82) is 5.26 Å². The molecule has 0 aliphatic heterocycles. The molecule has 2 aromatic rings. The number of para-hydroxylation sites is 1. The fourth-order valence-electron chi connectivity index (χ4n) is 1.58. The van der Waals surface area contributed by atoms with Gasteiger partial charge < -0.3 is 4.90 Å². The van der Waals surface area contributed by atoms with Crippen LogP contribution in [0.1, 0.15) is 6.42 Å². The van der Waals surface area contributed by atoms with Gasteiger partial charge in [-0.05, 0) is 24.3 Å². The van der Waals surface area contributed by atoms with E-state index >= 15 is 0 Å². The highest BCUT2D eigenvalue weighted by Crippen LogP contribution is 2.22. The first-order chi connectivity index (χ1) is 8.42. The highest BCUT2D eigenvalue weighted by Gasteiger charge is 2.09. The minimum absolute atomic E-state index is 0.450. The summed E-state index contributed by atoms with van der Waals surface area (Å²) in [7, 11) is 0. The number of nitrogens with zero attached hydrogens (tertiary/aromatic N) is 4. The standard InChI is InChI=1S/C13H12N4/c14-9-5-11-17(12-6-2-1-3-7-12)13-8-4-10-15-16-13/h1-4,6-8,10H,5,11H2. The van der Waals surface area contributed by atoms with Crippen LogP contribution < -0.4 is 4.90 Å². The first-order valence-electron chi connectivity index (χ1n) is 5.39. The Morgan fingerprint density at radius 2 is 1.94 bits per heavy atom. The van der Waals surface area contributed by atoms with Gasteiger partial charge in [0.15, 0.2) is 5.82 Å². The van der Waals surface area contributed by atoms with Crippen LogP contribution in [0.2, 0.25) is 0 Å². The monoisotopic (exact) mass is 224 g/mol. The average molecular weight is 224 g/mol. The molecule has 0 amide bonds. The van der Waals surface area contributed by atoms with Crippen molar-refractivity contribution < 1.29 is 0 Å². The smallest absolute Gasteiger partial charge is 0.155 e. The van der Waals surface area contributed by atoms with Gasteiger partial charge in [-0.3, -0.25) is 0 Å². The summed E-state index contributed by atoms with van der Waals surface area (Å²) < 4.78 is 0. The quantitative estimate of drug-likeness (QED) is 0.800. The Morgan fingerprint density at radius 1 is 1.12 bits per heavy atom. The van der Waals surface area contributed by atoms with E-state index in [1.807, 2.05) is 47.4 Å². The number of rotatable bonds is 4. The first-order valence-corrected chi connectivity index (χ1v) is 5.39. The van der Waals surface area contributed by atoms with Gasteiger partial charge in [-0.15, -0.1) is 5.10 Å². The van der Waals surface area contributed by atoms with E-state index in [4.69, 9.17) is 5.26 Å². The largest absolute Gasteiger partial charge is 0.324 e. The van der Waals surface area contributed by atoms with Crippen molar-refractivity contribution >= 4 is 11.5 Å².